The summed E-state index contributed by atoms with van der Waals surface area (Å²) in [5, 5.41) is 39.8. The van der Waals surface area contributed by atoms with Crippen LogP contribution in [0, 0.1) is 0 Å². The quantitative estimate of drug-likeness (QED) is 0.0798. The van der Waals surface area contributed by atoms with Gasteiger partial charge in [0.25, 0.3) is 0 Å². The Morgan fingerprint density at radius 1 is 0.618 bits per heavy atom. The summed E-state index contributed by atoms with van der Waals surface area (Å²) >= 11 is 0. The summed E-state index contributed by atoms with van der Waals surface area (Å²) in [5.41, 5.74) is 0. The maximum absolute atomic E-state index is 10.3. The Morgan fingerprint density at radius 2 is 0.853 bits per heavy atom. The van der Waals surface area contributed by atoms with Crippen LogP contribution in [0.1, 0.15) is 113 Å². The number of unbranched alkanes of at least 4 members (excludes halogenated alkanes) is 14. The topological polar surface area (TPSA) is 135 Å². The number of aliphatic carboxylic acids is 1. The predicted molar refractivity (Wildman–Crippen MR) is 136 cm³/mol. The van der Waals surface area contributed by atoms with E-state index in [1.807, 2.05) is 0 Å². The van der Waals surface area contributed by atoms with Crippen molar-refractivity contribution in [1.29, 1.82) is 0 Å². The SMILES string of the molecule is CCCCCCCCCCCCCCCCCC(=O)O.O=C(O)O.Oc1ccc(O)cc1.[Ca+2].[H-].[H-].[Zn]. The third kappa shape index (κ3) is 41.7. The molecule has 0 heterocycles. The normalized spacial score (nSPS) is 9.21. The minimum absolute atomic E-state index is 0. The van der Waals surface area contributed by atoms with Gasteiger partial charge in [-0.25, -0.2) is 4.79 Å². The van der Waals surface area contributed by atoms with E-state index in [0.717, 1.165) is 12.8 Å². The van der Waals surface area contributed by atoms with Crippen LogP contribution in [-0.4, -0.2) is 75.4 Å². The van der Waals surface area contributed by atoms with Crippen LogP contribution in [0.2, 0.25) is 0 Å². The molecule has 0 aliphatic heterocycles. The van der Waals surface area contributed by atoms with Crippen LogP contribution < -0.4 is 0 Å². The average Bonchev–Trinajstić information content (AvgIpc) is 2.73. The van der Waals surface area contributed by atoms with E-state index in [1.165, 1.54) is 108 Å². The van der Waals surface area contributed by atoms with E-state index < -0.39 is 12.1 Å². The second-order valence-electron chi connectivity index (χ2n) is 7.89. The van der Waals surface area contributed by atoms with Crippen molar-refractivity contribution in [1.82, 2.24) is 0 Å². The number of hydrogen-bond donors (Lipinski definition) is 5. The minimum atomic E-state index is -1.83. The van der Waals surface area contributed by atoms with E-state index >= 15 is 0 Å². The van der Waals surface area contributed by atoms with E-state index in [-0.39, 0.29) is 71.6 Å². The van der Waals surface area contributed by atoms with Gasteiger partial charge in [-0.05, 0) is 30.7 Å². The molecule has 0 saturated heterocycles. The number of aromatic hydroxyl groups is 2. The molecular formula is C25H46CaO7Zn. The first kappa shape index (κ1) is 40.6. The summed E-state index contributed by atoms with van der Waals surface area (Å²) in [6, 6.07) is 5.70. The van der Waals surface area contributed by atoms with Crippen molar-refractivity contribution in [2.24, 2.45) is 0 Å². The third-order valence-electron chi connectivity index (χ3n) is 4.84. The largest absolute Gasteiger partial charge is 2.00 e. The summed E-state index contributed by atoms with van der Waals surface area (Å²) < 4.78 is 0. The maximum atomic E-state index is 10.3. The molecule has 0 bridgehead atoms. The van der Waals surface area contributed by atoms with Gasteiger partial charge in [0, 0.05) is 25.9 Å². The van der Waals surface area contributed by atoms with Crippen LogP contribution in [0.15, 0.2) is 24.3 Å². The molecule has 5 N–H and O–H groups in total. The maximum Gasteiger partial charge on any atom is 2.00 e. The summed E-state index contributed by atoms with van der Waals surface area (Å²) in [4.78, 5) is 18.9. The number of benzene rings is 1. The summed E-state index contributed by atoms with van der Waals surface area (Å²) in [6.45, 7) is 2.27. The van der Waals surface area contributed by atoms with Gasteiger partial charge in [-0.1, -0.05) is 96.8 Å². The fraction of sp³-hybridized carbons (Fsp3) is 0.680. The number of carboxylic acid groups (broad SMARTS) is 3. The average molecular weight is 564 g/mol. The molecule has 9 heteroatoms. The molecule has 34 heavy (non-hydrogen) atoms. The van der Waals surface area contributed by atoms with Gasteiger partial charge < -0.3 is 28.4 Å². The zero-order chi connectivity index (χ0) is 24.5. The molecule has 0 aliphatic rings. The van der Waals surface area contributed by atoms with Gasteiger partial charge >= 0.3 is 49.9 Å². The fourth-order valence-electron chi connectivity index (χ4n) is 3.10. The van der Waals surface area contributed by atoms with Gasteiger partial charge in [0.15, 0.2) is 0 Å². The summed E-state index contributed by atoms with van der Waals surface area (Å²) in [6.07, 6.45) is 18.4. The first-order valence-corrected chi connectivity index (χ1v) is 11.9. The number of phenols is 2. The van der Waals surface area contributed by atoms with E-state index in [2.05, 4.69) is 6.92 Å². The van der Waals surface area contributed by atoms with Gasteiger partial charge in [-0.2, -0.15) is 0 Å². The van der Waals surface area contributed by atoms with Crippen molar-refractivity contribution < 1.29 is 57.5 Å². The van der Waals surface area contributed by atoms with Crippen molar-refractivity contribution in [3.8, 4) is 11.5 Å². The zero-order valence-electron chi connectivity index (χ0n) is 23.1. The van der Waals surface area contributed by atoms with Crippen LogP contribution in [0.4, 0.5) is 4.79 Å². The molecular weight excluding hydrogens is 518 g/mol. The van der Waals surface area contributed by atoms with Crippen LogP contribution in [0.25, 0.3) is 0 Å². The number of rotatable bonds is 16. The summed E-state index contributed by atoms with van der Waals surface area (Å²) in [5.74, 6) is -0.315. The standard InChI is InChI=1S/C18H36O2.C6H6O2.CH2O3.Ca.Zn.2H/c1-2-3-4-5-6-7-8-9-10-11-12-13-14-15-16-17-18(19)20;7-5-1-2-6(8)4-3-5;2-1(3)4;;;;/h2-17H2,1H3,(H,19,20);1-4,7-8H;(H2,2,3,4);;;;/q;;;+2;;2*-1. The van der Waals surface area contributed by atoms with Crippen molar-refractivity contribution in [2.75, 3.05) is 0 Å². The molecule has 0 saturated carbocycles. The third-order valence-corrected chi connectivity index (χ3v) is 4.84. The first-order valence-electron chi connectivity index (χ1n) is 11.9. The Hall–Kier alpha value is -0.557. The van der Waals surface area contributed by atoms with Crippen LogP contribution >= 0.6 is 0 Å². The van der Waals surface area contributed by atoms with E-state index in [1.54, 1.807) is 0 Å². The molecule has 192 valence electrons. The summed E-state index contributed by atoms with van der Waals surface area (Å²) in [7, 11) is 0. The van der Waals surface area contributed by atoms with E-state index in [0.29, 0.717) is 6.42 Å². The van der Waals surface area contributed by atoms with Crippen molar-refractivity contribution in [3.63, 3.8) is 0 Å². The van der Waals surface area contributed by atoms with Crippen LogP contribution in [-0.2, 0) is 24.3 Å². The van der Waals surface area contributed by atoms with Gasteiger partial charge in [-0.3, -0.25) is 4.79 Å². The van der Waals surface area contributed by atoms with Gasteiger partial charge in [0.05, 0.1) is 0 Å². The van der Waals surface area contributed by atoms with Crippen LogP contribution in [0.5, 0.6) is 11.5 Å². The van der Waals surface area contributed by atoms with Gasteiger partial charge in [0.2, 0.25) is 0 Å². The van der Waals surface area contributed by atoms with Crippen molar-refractivity contribution in [3.05, 3.63) is 24.3 Å². The molecule has 1 rings (SSSR count). The van der Waals surface area contributed by atoms with Crippen LogP contribution in [0.3, 0.4) is 0 Å². The zero-order valence-corrected chi connectivity index (χ0v) is 26.3. The Bertz CT molecular complexity index is 543. The second-order valence-corrected chi connectivity index (χ2v) is 7.89. The molecule has 0 atom stereocenters. The molecule has 0 amide bonds. The smallest absolute Gasteiger partial charge is 1.00 e. The Kier molecular flexibility index (Phi) is 38.7. The molecule has 0 radical (unpaired) electrons. The molecule has 0 fully saturated rings. The predicted octanol–water partition coefficient (Wildman–Crippen LogP) is 7.49. The second kappa shape index (κ2) is 32.4. The van der Waals surface area contributed by atoms with Crippen molar-refractivity contribution in [2.45, 2.75) is 110 Å². The Balaban J connectivity index is -0.000000118. The van der Waals surface area contributed by atoms with Gasteiger partial charge in [-0.15, -0.1) is 0 Å². The van der Waals surface area contributed by atoms with E-state index in [4.69, 9.17) is 30.3 Å². The molecule has 0 unspecified atom stereocenters. The molecule has 0 spiro atoms. The molecule has 1 aromatic carbocycles. The Labute approximate surface area is 251 Å². The van der Waals surface area contributed by atoms with Gasteiger partial charge in [0.1, 0.15) is 11.5 Å². The first-order chi connectivity index (χ1) is 15.3. The number of phenolic OH excluding ortho intramolecular Hbond substituents is 2. The molecule has 1 aromatic rings. The molecule has 0 aromatic heterocycles. The monoisotopic (exact) mass is 562 g/mol. The van der Waals surface area contributed by atoms with Crippen molar-refractivity contribution >= 4 is 49.9 Å². The number of carboxylic acids is 1. The van der Waals surface area contributed by atoms with E-state index in [9.17, 15) is 4.79 Å². The number of carbonyl (C=O) groups is 2. The molecule has 0 aliphatic carbocycles. The number of hydrogen-bond acceptors (Lipinski definition) is 4. The molecule has 7 nitrogen and oxygen atoms in total. The minimum Gasteiger partial charge on any atom is -1.00 e. The fourth-order valence-corrected chi connectivity index (χ4v) is 3.10. The Morgan fingerprint density at radius 3 is 1.09 bits per heavy atom.